The Kier molecular flexibility index (Phi) is 4.27. The highest BCUT2D eigenvalue weighted by Gasteiger charge is 2.32. The lowest BCUT2D eigenvalue weighted by Crippen LogP contribution is -2.43. The van der Waals surface area contributed by atoms with Gasteiger partial charge in [0.2, 0.25) is 0 Å². The monoisotopic (exact) mass is 316 g/mol. The summed E-state index contributed by atoms with van der Waals surface area (Å²) in [5, 5.41) is 10.9. The minimum Gasteiger partial charge on any atom is -0.336 e. The van der Waals surface area contributed by atoms with Crippen molar-refractivity contribution in [2.24, 2.45) is 0 Å². The van der Waals surface area contributed by atoms with E-state index in [0.717, 1.165) is 19.4 Å². The summed E-state index contributed by atoms with van der Waals surface area (Å²) in [7, 11) is 0. The molecule has 1 aromatic rings. The molecule has 2 amide bonds. The van der Waals surface area contributed by atoms with Crippen molar-refractivity contribution in [3.63, 3.8) is 0 Å². The highest BCUT2D eigenvalue weighted by Crippen LogP contribution is 2.44. The highest BCUT2D eigenvalue weighted by atomic mass is 16.2. The SMILES string of the molecule is O=C(NCCn1nc(C2CC2)cc1C1CC1)NC1CCCCC1. The molecule has 0 atom stereocenters. The van der Waals surface area contributed by atoms with Crippen molar-refractivity contribution in [2.75, 3.05) is 6.54 Å². The van der Waals surface area contributed by atoms with Gasteiger partial charge in [-0.3, -0.25) is 4.68 Å². The van der Waals surface area contributed by atoms with Crippen LogP contribution in [0.25, 0.3) is 0 Å². The lowest BCUT2D eigenvalue weighted by Gasteiger charge is -2.22. The molecule has 0 aliphatic heterocycles. The Bertz CT molecular complexity index is 553. The third kappa shape index (κ3) is 3.88. The van der Waals surface area contributed by atoms with E-state index in [1.165, 1.54) is 56.3 Å². The van der Waals surface area contributed by atoms with Crippen molar-refractivity contribution >= 4 is 6.03 Å². The number of hydrogen-bond donors (Lipinski definition) is 2. The fraction of sp³-hybridized carbons (Fsp3) is 0.778. The van der Waals surface area contributed by atoms with Crippen LogP contribution in [-0.2, 0) is 6.54 Å². The Morgan fingerprint density at radius 1 is 1.09 bits per heavy atom. The van der Waals surface area contributed by atoms with Crippen LogP contribution in [0.5, 0.6) is 0 Å². The second-order valence-electron chi connectivity index (χ2n) is 7.50. The first-order chi connectivity index (χ1) is 11.3. The minimum absolute atomic E-state index is 0.0144. The highest BCUT2D eigenvalue weighted by molar-refractivity contribution is 5.74. The summed E-state index contributed by atoms with van der Waals surface area (Å²) in [6.07, 6.45) is 11.2. The van der Waals surface area contributed by atoms with Gasteiger partial charge in [0.15, 0.2) is 0 Å². The van der Waals surface area contributed by atoms with Crippen LogP contribution < -0.4 is 10.6 Å². The van der Waals surface area contributed by atoms with E-state index >= 15 is 0 Å². The molecule has 0 bridgehead atoms. The maximum absolute atomic E-state index is 12.0. The van der Waals surface area contributed by atoms with Crippen LogP contribution in [0.3, 0.4) is 0 Å². The number of nitrogens with one attached hydrogen (secondary N) is 2. The summed E-state index contributed by atoms with van der Waals surface area (Å²) in [5.74, 6) is 1.42. The molecule has 126 valence electrons. The van der Waals surface area contributed by atoms with E-state index in [0.29, 0.717) is 24.4 Å². The van der Waals surface area contributed by atoms with E-state index in [1.807, 2.05) is 0 Å². The molecule has 5 heteroatoms. The summed E-state index contributed by atoms with van der Waals surface area (Å²) in [6.45, 7) is 1.45. The minimum atomic E-state index is -0.0144. The first-order valence-corrected chi connectivity index (χ1v) is 9.41. The van der Waals surface area contributed by atoms with Gasteiger partial charge in [-0.15, -0.1) is 0 Å². The van der Waals surface area contributed by atoms with Crippen molar-refractivity contribution in [2.45, 2.75) is 82.2 Å². The molecule has 1 heterocycles. The second kappa shape index (κ2) is 6.54. The molecule has 0 saturated heterocycles. The van der Waals surface area contributed by atoms with E-state index in [1.54, 1.807) is 0 Å². The van der Waals surface area contributed by atoms with E-state index in [9.17, 15) is 4.79 Å². The molecule has 5 nitrogen and oxygen atoms in total. The van der Waals surface area contributed by atoms with Crippen LogP contribution in [0.1, 0.15) is 81.0 Å². The van der Waals surface area contributed by atoms with Crippen LogP contribution in [0, 0.1) is 0 Å². The summed E-state index contributed by atoms with van der Waals surface area (Å²) >= 11 is 0. The number of hydrogen-bond acceptors (Lipinski definition) is 2. The fourth-order valence-electron chi connectivity index (χ4n) is 3.68. The number of carbonyl (C=O) groups is 1. The summed E-state index contributed by atoms with van der Waals surface area (Å²) < 4.78 is 2.15. The van der Waals surface area contributed by atoms with Crippen LogP contribution >= 0.6 is 0 Å². The van der Waals surface area contributed by atoms with Crippen molar-refractivity contribution in [3.05, 3.63) is 17.5 Å². The van der Waals surface area contributed by atoms with Crippen molar-refractivity contribution in [1.82, 2.24) is 20.4 Å². The predicted octanol–water partition coefficient (Wildman–Crippen LogP) is 3.27. The van der Waals surface area contributed by atoms with Crippen LogP contribution in [0.4, 0.5) is 4.79 Å². The normalized spacial score (nSPS) is 22.1. The molecule has 0 spiro atoms. The van der Waals surface area contributed by atoms with Gasteiger partial charge in [0, 0.05) is 30.1 Å². The fourth-order valence-corrected chi connectivity index (χ4v) is 3.68. The molecule has 3 aliphatic rings. The standard InChI is InChI=1S/C18H28N4O/c23-18(20-15-4-2-1-3-5-15)19-10-11-22-17(14-8-9-14)12-16(21-22)13-6-7-13/h12-15H,1-11H2,(H2,19,20,23). The molecule has 23 heavy (non-hydrogen) atoms. The third-order valence-corrected chi connectivity index (χ3v) is 5.37. The van der Waals surface area contributed by atoms with Crippen molar-refractivity contribution in [1.29, 1.82) is 0 Å². The maximum Gasteiger partial charge on any atom is 0.315 e. The zero-order chi connectivity index (χ0) is 15.6. The summed E-state index contributed by atoms with van der Waals surface area (Å²) in [4.78, 5) is 12.0. The maximum atomic E-state index is 12.0. The zero-order valence-corrected chi connectivity index (χ0v) is 13.9. The van der Waals surface area contributed by atoms with Gasteiger partial charge < -0.3 is 10.6 Å². The number of nitrogens with zero attached hydrogens (tertiary/aromatic N) is 2. The number of rotatable bonds is 6. The van der Waals surface area contributed by atoms with Gasteiger partial charge in [-0.25, -0.2) is 4.79 Å². The molecule has 0 unspecified atom stereocenters. The molecule has 3 fully saturated rings. The van der Waals surface area contributed by atoms with Gasteiger partial charge in [-0.2, -0.15) is 5.10 Å². The van der Waals surface area contributed by atoms with E-state index in [2.05, 4.69) is 21.4 Å². The third-order valence-electron chi connectivity index (χ3n) is 5.37. The molecule has 2 N–H and O–H groups in total. The predicted molar refractivity (Wildman–Crippen MR) is 89.6 cm³/mol. The van der Waals surface area contributed by atoms with Gasteiger partial charge in [0.05, 0.1) is 12.2 Å². The second-order valence-corrected chi connectivity index (χ2v) is 7.50. The molecule has 3 aliphatic carbocycles. The molecular formula is C18H28N4O. The Morgan fingerprint density at radius 3 is 2.52 bits per heavy atom. The molecule has 3 saturated carbocycles. The number of amides is 2. The summed E-state index contributed by atoms with van der Waals surface area (Å²) in [5.41, 5.74) is 2.67. The molecule has 0 aromatic carbocycles. The van der Waals surface area contributed by atoms with Gasteiger partial charge in [-0.05, 0) is 44.6 Å². The van der Waals surface area contributed by atoms with Crippen LogP contribution in [0.2, 0.25) is 0 Å². The Hall–Kier alpha value is -1.52. The summed E-state index contributed by atoms with van der Waals surface area (Å²) in [6, 6.07) is 2.67. The first kappa shape index (κ1) is 15.0. The number of carbonyl (C=O) groups excluding carboxylic acids is 1. The topological polar surface area (TPSA) is 59.0 Å². The molecule has 0 radical (unpaired) electrons. The lowest BCUT2D eigenvalue weighted by molar-refractivity contribution is 0.232. The number of aromatic nitrogens is 2. The van der Waals surface area contributed by atoms with Gasteiger partial charge in [0.25, 0.3) is 0 Å². The van der Waals surface area contributed by atoms with Crippen molar-refractivity contribution in [3.8, 4) is 0 Å². The lowest BCUT2D eigenvalue weighted by atomic mass is 9.96. The average molecular weight is 316 g/mol. The van der Waals surface area contributed by atoms with Gasteiger partial charge >= 0.3 is 6.03 Å². The Morgan fingerprint density at radius 2 is 1.83 bits per heavy atom. The number of urea groups is 1. The average Bonchev–Trinajstić information content (AvgIpc) is 3.47. The van der Waals surface area contributed by atoms with Crippen LogP contribution in [0.15, 0.2) is 6.07 Å². The molecule has 1 aromatic heterocycles. The van der Waals surface area contributed by atoms with E-state index in [4.69, 9.17) is 5.10 Å². The zero-order valence-electron chi connectivity index (χ0n) is 13.9. The largest absolute Gasteiger partial charge is 0.336 e. The Balaban J connectivity index is 1.26. The Labute approximate surface area is 138 Å². The van der Waals surface area contributed by atoms with Gasteiger partial charge in [-0.1, -0.05) is 19.3 Å². The van der Waals surface area contributed by atoms with Gasteiger partial charge in [0.1, 0.15) is 0 Å². The van der Waals surface area contributed by atoms with E-state index in [-0.39, 0.29) is 6.03 Å². The first-order valence-electron chi connectivity index (χ1n) is 9.41. The molecule has 4 rings (SSSR count). The molecular weight excluding hydrogens is 288 g/mol. The smallest absolute Gasteiger partial charge is 0.315 e. The van der Waals surface area contributed by atoms with Crippen LogP contribution in [-0.4, -0.2) is 28.4 Å². The van der Waals surface area contributed by atoms with Crippen molar-refractivity contribution < 1.29 is 4.79 Å². The quantitative estimate of drug-likeness (QED) is 0.846. The van der Waals surface area contributed by atoms with E-state index < -0.39 is 0 Å².